The van der Waals surface area contributed by atoms with Gasteiger partial charge in [0.1, 0.15) is 0 Å². The van der Waals surface area contributed by atoms with E-state index in [2.05, 4.69) is 10.0 Å². The number of amides is 1. The fourth-order valence-corrected chi connectivity index (χ4v) is 3.37. The number of halogens is 2. The summed E-state index contributed by atoms with van der Waals surface area (Å²) in [5.74, 6) is -0.317. The van der Waals surface area contributed by atoms with Crippen LogP contribution in [-0.2, 0) is 10.0 Å². The number of hydrogen-bond donors (Lipinski definition) is 2. The molecule has 2 rings (SSSR count). The van der Waals surface area contributed by atoms with Crippen molar-refractivity contribution >= 4 is 44.8 Å². The first kappa shape index (κ1) is 18.6. The SMILES string of the molecule is CC(C)NC(=O)c1ccc(NS(=O)(=O)c2ccc(Cl)cc2)cc1Cl. The summed E-state index contributed by atoms with van der Waals surface area (Å²) in [6.07, 6.45) is 0. The Bertz CT molecular complexity index is 850. The van der Waals surface area contributed by atoms with Crippen LogP contribution in [-0.4, -0.2) is 20.4 Å². The molecule has 2 N–H and O–H groups in total. The number of nitrogens with one attached hydrogen (secondary N) is 2. The van der Waals surface area contributed by atoms with Gasteiger partial charge in [0.15, 0.2) is 0 Å². The topological polar surface area (TPSA) is 75.3 Å². The van der Waals surface area contributed by atoms with E-state index in [1.54, 1.807) is 0 Å². The molecular formula is C16H16Cl2N2O3S. The fourth-order valence-electron chi connectivity index (χ4n) is 1.93. The first-order chi connectivity index (χ1) is 11.2. The van der Waals surface area contributed by atoms with Crippen LogP contribution in [0.3, 0.4) is 0 Å². The fraction of sp³-hybridized carbons (Fsp3) is 0.188. The Balaban J connectivity index is 2.23. The quantitative estimate of drug-likeness (QED) is 0.816. The summed E-state index contributed by atoms with van der Waals surface area (Å²) in [6, 6.07) is 10.1. The minimum absolute atomic E-state index is 0.0309. The molecule has 0 saturated heterocycles. The number of carbonyl (C=O) groups excluding carboxylic acids is 1. The maximum atomic E-state index is 12.3. The summed E-state index contributed by atoms with van der Waals surface area (Å²) in [4.78, 5) is 12.1. The zero-order valence-corrected chi connectivity index (χ0v) is 15.3. The summed E-state index contributed by atoms with van der Waals surface area (Å²) in [5, 5.41) is 3.32. The van der Waals surface area contributed by atoms with Gasteiger partial charge in [-0.15, -0.1) is 0 Å². The second-order valence-corrected chi connectivity index (χ2v) is 7.91. The average Bonchev–Trinajstić information content (AvgIpc) is 2.46. The number of carbonyl (C=O) groups is 1. The normalized spacial score (nSPS) is 11.4. The summed E-state index contributed by atoms with van der Waals surface area (Å²) < 4.78 is 27.0. The molecule has 0 unspecified atom stereocenters. The standard InChI is InChI=1S/C16H16Cl2N2O3S/c1-10(2)19-16(21)14-8-5-12(9-15(14)18)20-24(22,23)13-6-3-11(17)4-7-13/h3-10,20H,1-2H3,(H,19,21). The minimum Gasteiger partial charge on any atom is -0.350 e. The lowest BCUT2D eigenvalue weighted by molar-refractivity contribution is 0.0943. The molecule has 24 heavy (non-hydrogen) atoms. The van der Waals surface area contributed by atoms with Crippen molar-refractivity contribution in [1.29, 1.82) is 0 Å². The van der Waals surface area contributed by atoms with Crippen molar-refractivity contribution in [3.8, 4) is 0 Å². The summed E-state index contributed by atoms with van der Waals surface area (Å²) in [7, 11) is -3.77. The Hall–Kier alpha value is -1.76. The van der Waals surface area contributed by atoms with Crippen molar-refractivity contribution in [2.75, 3.05) is 4.72 Å². The number of benzene rings is 2. The molecule has 2 aromatic rings. The molecule has 0 saturated carbocycles. The molecule has 0 spiro atoms. The van der Waals surface area contributed by atoms with Gasteiger partial charge in [0.05, 0.1) is 21.2 Å². The van der Waals surface area contributed by atoms with Crippen LogP contribution in [0.5, 0.6) is 0 Å². The third-order valence-corrected chi connectivity index (χ3v) is 4.97. The first-order valence-corrected chi connectivity index (χ1v) is 9.32. The van der Waals surface area contributed by atoms with E-state index in [1.807, 2.05) is 13.8 Å². The van der Waals surface area contributed by atoms with E-state index in [0.29, 0.717) is 5.02 Å². The molecule has 2 aromatic carbocycles. The van der Waals surface area contributed by atoms with Gasteiger partial charge in [0, 0.05) is 11.1 Å². The Morgan fingerprint density at radius 3 is 2.21 bits per heavy atom. The van der Waals surface area contributed by atoms with Gasteiger partial charge in [-0.1, -0.05) is 23.2 Å². The van der Waals surface area contributed by atoms with Crippen LogP contribution in [0.15, 0.2) is 47.4 Å². The van der Waals surface area contributed by atoms with Crippen molar-refractivity contribution in [2.24, 2.45) is 0 Å². The molecule has 0 radical (unpaired) electrons. The van der Waals surface area contributed by atoms with Gasteiger partial charge in [-0.25, -0.2) is 8.42 Å². The average molecular weight is 387 g/mol. The lowest BCUT2D eigenvalue weighted by atomic mass is 10.2. The monoisotopic (exact) mass is 386 g/mol. The largest absolute Gasteiger partial charge is 0.350 e. The van der Waals surface area contributed by atoms with Gasteiger partial charge in [-0.3, -0.25) is 9.52 Å². The Labute approximate surface area is 151 Å². The van der Waals surface area contributed by atoms with E-state index in [4.69, 9.17) is 23.2 Å². The molecule has 1 amide bonds. The molecule has 0 bridgehead atoms. The second-order valence-electron chi connectivity index (χ2n) is 5.38. The third kappa shape index (κ3) is 4.63. The number of anilines is 1. The molecule has 0 heterocycles. The van der Waals surface area contributed by atoms with Crippen LogP contribution in [0.25, 0.3) is 0 Å². The third-order valence-electron chi connectivity index (χ3n) is 3.01. The lowest BCUT2D eigenvalue weighted by Crippen LogP contribution is -2.30. The van der Waals surface area contributed by atoms with E-state index in [-0.39, 0.29) is 33.1 Å². The molecule has 0 aliphatic carbocycles. The van der Waals surface area contributed by atoms with Gasteiger partial charge in [-0.05, 0) is 56.3 Å². The second kappa shape index (κ2) is 7.42. The zero-order valence-electron chi connectivity index (χ0n) is 13.0. The number of rotatable bonds is 5. The molecule has 0 aliphatic heterocycles. The van der Waals surface area contributed by atoms with E-state index >= 15 is 0 Å². The predicted molar refractivity (Wildman–Crippen MR) is 96.3 cm³/mol. The van der Waals surface area contributed by atoms with E-state index in [1.165, 1.54) is 42.5 Å². The van der Waals surface area contributed by atoms with Crippen LogP contribution in [0.1, 0.15) is 24.2 Å². The highest BCUT2D eigenvalue weighted by Crippen LogP contribution is 2.24. The smallest absolute Gasteiger partial charge is 0.261 e. The minimum atomic E-state index is -3.77. The Kier molecular flexibility index (Phi) is 5.74. The summed E-state index contributed by atoms with van der Waals surface area (Å²) >= 11 is 11.8. The van der Waals surface area contributed by atoms with E-state index < -0.39 is 10.0 Å². The number of hydrogen-bond acceptors (Lipinski definition) is 3. The molecule has 0 aromatic heterocycles. The van der Waals surface area contributed by atoms with E-state index in [0.717, 1.165) is 0 Å². The van der Waals surface area contributed by atoms with Crippen molar-refractivity contribution in [3.05, 3.63) is 58.1 Å². The maximum Gasteiger partial charge on any atom is 0.261 e. The number of sulfonamides is 1. The van der Waals surface area contributed by atoms with Gasteiger partial charge in [0.2, 0.25) is 0 Å². The van der Waals surface area contributed by atoms with Gasteiger partial charge >= 0.3 is 0 Å². The van der Waals surface area contributed by atoms with Crippen LogP contribution in [0, 0.1) is 0 Å². The molecule has 8 heteroatoms. The molecule has 5 nitrogen and oxygen atoms in total. The lowest BCUT2D eigenvalue weighted by Gasteiger charge is -2.12. The van der Waals surface area contributed by atoms with Crippen molar-refractivity contribution in [2.45, 2.75) is 24.8 Å². The van der Waals surface area contributed by atoms with Crippen LogP contribution in [0.4, 0.5) is 5.69 Å². The van der Waals surface area contributed by atoms with Crippen LogP contribution in [0.2, 0.25) is 10.0 Å². The highest BCUT2D eigenvalue weighted by molar-refractivity contribution is 7.92. The highest BCUT2D eigenvalue weighted by atomic mass is 35.5. The van der Waals surface area contributed by atoms with Gasteiger partial charge < -0.3 is 5.32 Å². The Morgan fingerprint density at radius 1 is 1.04 bits per heavy atom. The Morgan fingerprint density at radius 2 is 1.67 bits per heavy atom. The van der Waals surface area contributed by atoms with Crippen molar-refractivity contribution in [1.82, 2.24) is 5.32 Å². The van der Waals surface area contributed by atoms with Gasteiger partial charge in [0.25, 0.3) is 15.9 Å². The summed E-state index contributed by atoms with van der Waals surface area (Å²) in [6.45, 7) is 3.67. The van der Waals surface area contributed by atoms with Crippen molar-refractivity contribution < 1.29 is 13.2 Å². The molecule has 0 fully saturated rings. The van der Waals surface area contributed by atoms with Crippen LogP contribution >= 0.6 is 23.2 Å². The van der Waals surface area contributed by atoms with E-state index in [9.17, 15) is 13.2 Å². The van der Waals surface area contributed by atoms with Gasteiger partial charge in [-0.2, -0.15) is 0 Å². The maximum absolute atomic E-state index is 12.3. The molecular weight excluding hydrogens is 371 g/mol. The predicted octanol–water partition coefficient (Wildman–Crippen LogP) is 3.93. The summed E-state index contributed by atoms with van der Waals surface area (Å²) in [5.41, 5.74) is 0.538. The van der Waals surface area contributed by atoms with Crippen LogP contribution < -0.4 is 10.0 Å². The first-order valence-electron chi connectivity index (χ1n) is 7.08. The molecule has 0 atom stereocenters. The molecule has 0 aliphatic rings. The molecule has 128 valence electrons. The highest BCUT2D eigenvalue weighted by Gasteiger charge is 2.16. The zero-order chi connectivity index (χ0) is 17.9. The van der Waals surface area contributed by atoms with Crippen molar-refractivity contribution in [3.63, 3.8) is 0 Å².